The Hall–Kier alpha value is -3.37. The van der Waals surface area contributed by atoms with Crippen LogP contribution in [0.1, 0.15) is 16.2 Å². The average molecular weight is 492 g/mol. The number of piperazine rings is 1. The van der Waals surface area contributed by atoms with E-state index in [1.807, 2.05) is 30.3 Å². The summed E-state index contributed by atoms with van der Waals surface area (Å²) in [6.07, 6.45) is 1.54. The number of benzene rings is 2. The van der Waals surface area contributed by atoms with Crippen molar-refractivity contribution >= 4 is 35.0 Å². The lowest BCUT2D eigenvalue weighted by Crippen LogP contribution is -2.48. The van der Waals surface area contributed by atoms with E-state index in [9.17, 15) is 9.59 Å². The van der Waals surface area contributed by atoms with Gasteiger partial charge in [-0.1, -0.05) is 30.3 Å². The quantitative estimate of drug-likeness (QED) is 0.584. The van der Waals surface area contributed by atoms with Gasteiger partial charge in [0.25, 0.3) is 5.91 Å². The van der Waals surface area contributed by atoms with Gasteiger partial charge in [0.1, 0.15) is 12.4 Å². The minimum absolute atomic E-state index is 0.0560. The van der Waals surface area contributed by atoms with E-state index in [1.165, 1.54) is 6.33 Å². The molecule has 35 heavy (non-hydrogen) atoms. The Balaban J connectivity index is 1.26. The summed E-state index contributed by atoms with van der Waals surface area (Å²) in [4.78, 5) is 37.7. The third-order valence-electron chi connectivity index (χ3n) is 6.44. The minimum atomic E-state index is -0.668. The van der Waals surface area contributed by atoms with Crippen LogP contribution in [0.15, 0.2) is 59.8 Å². The van der Waals surface area contributed by atoms with Crippen LogP contribution in [0.2, 0.25) is 0 Å². The number of amides is 2. The lowest BCUT2D eigenvalue weighted by atomic mass is 10.2. The van der Waals surface area contributed by atoms with Crippen molar-refractivity contribution in [3.8, 4) is 0 Å². The van der Waals surface area contributed by atoms with Crippen LogP contribution in [0.5, 0.6) is 0 Å². The summed E-state index contributed by atoms with van der Waals surface area (Å²) in [5.74, 6) is -0.0990. The average Bonchev–Trinajstić information content (AvgIpc) is 3.31. The molecule has 1 fully saturated rings. The molecule has 5 rings (SSSR count). The highest BCUT2D eigenvalue weighted by molar-refractivity contribution is 7.99. The predicted octanol–water partition coefficient (Wildman–Crippen LogP) is 1.95. The van der Waals surface area contributed by atoms with Gasteiger partial charge < -0.3 is 20.0 Å². The summed E-state index contributed by atoms with van der Waals surface area (Å²) in [6.45, 7) is 4.48. The topological polar surface area (TPSA) is 86.6 Å². The molecular weight excluding hydrogens is 462 g/mol. The first-order chi connectivity index (χ1) is 17.0. The number of rotatable bonds is 5. The van der Waals surface area contributed by atoms with Crippen LogP contribution >= 0.6 is 11.8 Å². The van der Waals surface area contributed by atoms with E-state index in [4.69, 9.17) is 0 Å². The molecule has 1 N–H and O–H groups in total. The van der Waals surface area contributed by atoms with E-state index >= 15 is 0 Å². The van der Waals surface area contributed by atoms with Crippen LogP contribution < -0.4 is 15.1 Å². The van der Waals surface area contributed by atoms with Gasteiger partial charge in [-0.15, -0.1) is 16.9 Å². The Morgan fingerprint density at radius 2 is 1.86 bits per heavy atom. The van der Waals surface area contributed by atoms with Gasteiger partial charge in [0.05, 0.1) is 12.2 Å². The van der Waals surface area contributed by atoms with Crippen LogP contribution in [0, 0.1) is 0 Å². The lowest BCUT2D eigenvalue weighted by Gasteiger charge is -2.34. The molecule has 0 aliphatic carbocycles. The molecule has 182 valence electrons. The van der Waals surface area contributed by atoms with Gasteiger partial charge >= 0.3 is 0 Å². The number of nitrogens with one attached hydrogen (secondary N) is 1. The maximum Gasteiger partial charge on any atom is 0.291 e. The van der Waals surface area contributed by atoms with E-state index in [1.54, 1.807) is 28.4 Å². The molecule has 0 saturated carbocycles. The van der Waals surface area contributed by atoms with Gasteiger partial charge in [-0.2, -0.15) is 0 Å². The van der Waals surface area contributed by atoms with Crippen LogP contribution in [-0.2, 0) is 11.3 Å². The molecule has 1 atom stereocenters. The Kier molecular flexibility index (Phi) is 6.74. The van der Waals surface area contributed by atoms with Gasteiger partial charge in [0.15, 0.2) is 0 Å². The summed E-state index contributed by atoms with van der Waals surface area (Å²) < 4.78 is 1.62. The predicted molar refractivity (Wildman–Crippen MR) is 137 cm³/mol. The second-order valence-corrected chi connectivity index (χ2v) is 9.99. The lowest BCUT2D eigenvalue weighted by molar-refractivity contribution is -0.119. The standard InChI is InChI=1S/C25H29N7O2S/c1-29-10-12-31(13-11-29)19-8-9-22-21(14-19)30(2)25(34)20(16-35-22)27-24(33)23-26-17-32(28-23)15-18-6-4-3-5-7-18/h3-9,14,17,20H,10-13,15-16H2,1-2H3,(H,27,33)/t20-/m0/s1. The van der Waals surface area contributed by atoms with Crippen LogP contribution in [0.4, 0.5) is 11.4 Å². The summed E-state index contributed by atoms with van der Waals surface area (Å²) in [6, 6.07) is 15.5. The maximum atomic E-state index is 13.3. The number of fused-ring (bicyclic) bond motifs is 1. The number of nitrogens with zero attached hydrogens (tertiary/aromatic N) is 6. The zero-order valence-electron chi connectivity index (χ0n) is 19.9. The van der Waals surface area contributed by atoms with Gasteiger partial charge in [-0.25, -0.2) is 9.67 Å². The normalized spacial score (nSPS) is 18.8. The molecule has 1 saturated heterocycles. The molecule has 0 radical (unpaired) electrons. The number of thioether (sulfide) groups is 1. The van der Waals surface area contributed by atoms with Crippen molar-refractivity contribution in [2.45, 2.75) is 17.5 Å². The van der Waals surface area contributed by atoms with E-state index in [-0.39, 0.29) is 11.7 Å². The van der Waals surface area contributed by atoms with Crippen molar-refractivity contribution in [3.05, 3.63) is 66.2 Å². The van der Waals surface area contributed by atoms with Crippen molar-refractivity contribution in [1.82, 2.24) is 25.0 Å². The number of hydrogen-bond donors (Lipinski definition) is 1. The summed E-state index contributed by atoms with van der Waals surface area (Å²) in [5, 5.41) is 7.14. The SMILES string of the molecule is CN1CCN(c2ccc3c(c2)N(C)C(=O)[C@@H](NC(=O)c2ncn(Cc4ccccc4)n2)CS3)CC1. The number of anilines is 2. The summed E-state index contributed by atoms with van der Waals surface area (Å²) in [5.41, 5.74) is 3.06. The molecule has 2 amide bonds. The number of aromatic nitrogens is 3. The molecule has 9 nitrogen and oxygen atoms in total. The fourth-order valence-electron chi connectivity index (χ4n) is 4.32. The molecule has 2 aromatic carbocycles. The molecule has 10 heteroatoms. The smallest absolute Gasteiger partial charge is 0.291 e. The van der Waals surface area contributed by atoms with Gasteiger partial charge in [0.2, 0.25) is 11.7 Å². The van der Waals surface area contributed by atoms with Crippen LogP contribution in [0.3, 0.4) is 0 Å². The van der Waals surface area contributed by atoms with Crippen molar-refractivity contribution in [2.75, 3.05) is 55.8 Å². The first-order valence-electron chi connectivity index (χ1n) is 11.7. The second-order valence-electron chi connectivity index (χ2n) is 8.93. The largest absolute Gasteiger partial charge is 0.369 e. The molecule has 3 heterocycles. The third-order valence-corrected chi connectivity index (χ3v) is 7.59. The molecule has 2 aliphatic rings. The van der Waals surface area contributed by atoms with Gasteiger partial charge in [0, 0.05) is 49.6 Å². The Morgan fingerprint density at radius 3 is 2.63 bits per heavy atom. The molecule has 0 unspecified atom stereocenters. The Bertz CT molecular complexity index is 1210. The molecule has 0 bridgehead atoms. The summed E-state index contributed by atoms with van der Waals surface area (Å²) >= 11 is 1.58. The van der Waals surface area contributed by atoms with Crippen LogP contribution in [-0.4, -0.2) is 83.5 Å². The molecule has 3 aromatic rings. The highest BCUT2D eigenvalue weighted by Crippen LogP contribution is 2.36. The van der Waals surface area contributed by atoms with Gasteiger partial charge in [-0.3, -0.25) is 9.59 Å². The van der Waals surface area contributed by atoms with E-state index in [2.05, 4.69) is 50.4 Å². The Morgan fingerprint density at radius 1 is 1.09 bits per heavy atom. The van der Waals surface area contributed by atoms with Crippen molar-refractivity contribution in [1.29, 1.82) is 0 Å². The number of carbonyl (C=O) groups is 2. The monoisotopic (exact) mass is 491 g/mol. The third kappa shape index (κ3) is 5.18. The highest BCUT2D eigenvalue weighted by Gasteiger charge is 2.31. The molecular formula is C25H29N7O2S. The fourth-order valence-corrected chi connectivity index (χ4v) is 5.40. The first kappa shape index (κ1) is 23.4. The van der Waals surface area contributed by atoms with E-state index in [0.717, 1.165) is 48.0 Å². The van der Waals surface area contributed by atoms with E-state index in [0.29, 0.717) is 12.3 Å². The second kappa shape index (κ2) is 10.1. The fraction of sp³-hybridized carbons (Fsp3) is 0.360. The molecule has 2 aliphatic heterocycles. The molecule has 0 spiro atoms. The first-order valence-corrected chi connectivity index (χ1v) is 12.7. The van der Waals surface area contributed by atoms with Crippen molar-refractivity contribution < 1.29 is 9.59 Å². The van der Waals surface area contributed by atoms with Crippen molar-refractivity contribution in [3.63, 3.8) is 0 Å². The van der Waals surface area contributed by atoms with Crippen LogP contribution in [0.25, 0.3) is 0 Å². The molecule has 1 aromatic heterocycles. The summed E-state index contributed by atoms with van der Waals surface area (Å²) in [7, 11) is 3.90. The zero-order valence-corrected chi connectivity index (χ0v) is 20.7. The number of carbonyl (C=O) groups excluding carboxylic acids is 2. The van der Waals surface area contributed by atoms with Gasteiger partial charge in [-0.05, 0) is 30.8 Å². The minimum Gasteiger partial charge on any atom is -0.369 e. The van der Waals surface area contributed by atoms with Crippen molar-refractivity contribution in [2.24, 2.45) is 0 Å². The maximum absolute atomic E-state index is 13.3. The number of hydrogen-bond acceptors (Lipinski definition) is 7. The number of likely N-dealkylation sites (N-methyl/N-ethyl adjacent to an activating group) is 2. The zero-order chi connectivity index (χ0) is 24.4. The highest BCUT2D eigenvalue weighted by atomic mass is 32.2. The van der Waals surface area contributed by atoms with E-state index < -0.39 is 11.9 Å². The Labute approximate surface area is 209 Å².